The van der Waals surface area contributed by atoms with Crippen LogP contribution in [-0.2, 0) is 14.4 Å². The van der Waals surface area contributed by atoms with Gasteiger partial charge >= 0.3 is 11.9 Å². The molecule has 0 aromatic rings. The molecule has 1 saturated heterocycles. The molecule has 0 aromatic carbocycles. The number of unbranched alkanes of at least 4 members (excludes halogenated alkanes) is 1. The summed E-state index contributed by atoms with van der Waals surface area (Å²) in [6, 6.07) is -0.836. The lowest BCUT2D eigenvalue weighted by atomic mass is 9.85. The molecule has 2 unspecified atom stereocenters. The third-order valence-corrected chi connectivity index (χ3v) is 4.06. The van der Waals surface area contributed by atoms with Crippen LogP contribution < -0.4 is 17.0 Å². The molecule has 0 aromatic heterocycles. The number of rotatable bonds is 10. The first kappa shape index (κ1) is 18.5. The number of likely N-dealkylation sites (tertiary alicyclic amines) is 1. The molecule has 0 spiro atoms. The third-order valence-electron chi connectivity index (χ3n) is 4.06. The van der Waals surface area contributed by atoms with Gasteiger partial charge in [-0.05, 0) is 32.2 Å². The molecule has 1 aliphatic heterocycles. The summed E-state index contributed by atoms with van der Waals surface area (Å²) >= 11 is 0. The number of carboxylic acid groups (broad SMARTS) is 2. The molecule has 1 rings (SSSR count). The minimum Gasteiger partial charge on any atom is -0.480 e. The van der Waals surface area contributed by atoms with Crippen molar-refractivity contribution in [2.75, 3.05) is 19.6 Å². The van der Waals surface area contributed by atoms with E-state index in [0.717, 1.165) is 0 Å². The van der Waals surface area contributed by atoms with Crippen molar-refractivity contribution in [3.05, 3.63) is 0 Å². The average Bonchev–Trinajstić information content (AvgIpc) is 2.87. The summed E-state index contributed by atoms with van der Waals surface area (Å²) in [6.07, 6.45) is 2.23. The number of nitrogens with one attached hydrogen (secondary N) is 1. The highest BCUT2D eigenvalue weighted by Gasteiger charge is 2.55. The van der Waals surface area contributed by atoms with Gasteiger partial charge in [0.1, 0.15) is 0 Å². The van der Waals surface area contributed by atoms with Crippen LogP contribution in [0.1, 0.15) is 32.1 Å². The Bertz CT molecular complexity index is 431. The Morgan fingerprint density at radius 1 is 1.27 bits per heavy atom. The molecule has 1 fully saturated rings. The van der Waals surface area contributed by atoms with E-state index in [4.69, 9.17) is 16.7 Å². The fraction of sp³-hybridized carbons (Fsp3) is 0.769. The van der Waals surface area contributed by atoms with Crippen molar-refractivity contribution in [2.45, 2.75) is 43.7 Å². The van der Waals surface area contributed by atoms with E-state index >= 15 is 0 Å². The van der Waals surface area contributed by atoms with Crippen LogP contribution in [0.3, 0.4) is 0 Å². The molecular weight excluding hydrogens is 292 g/mol. The first-order valence-corrected chi connectivity index (χ1v) is 7.31. The summed E-state index contributed by atoms with van der Waals surface area (Å²) in [5, 5.41) is 18.5. The van der Waals surface area contributed by atoms with E-state index in [9.17, 15) is 19.5 Å². The summed E-state index contributed by atoms with van der Waals surface area (Å²) in [4.78, 5) is 36.7. The number of hydrazine groups is 1. The SMILES string of the molecule is NCCCCC(NN)C(=O)C1(C(=O)O)CCCN1CC(=O)O. The zero-order valence-electron chi connectivity index (χ0n) is 12.5. The van der Waals surface area contributed by atoms with E-state index in [0.29, 0.717) is 32.2 Å². The quantitative estimate of drug-likeness (QED) is 0.140. The lowest BCUT2D eigenvalue weighted by Gasteiger charge is -2.34. The highest BCUT2D eigenvalue weighted by atomic mass is 16.4. The Morgan fingerprint density at radius 3 is 2.45 bits per heavy atom. The van der Waals surface area contributed by atoms with Gasteiger partial charge in [0.2, 0.25) is 0 Å². The number of ketones is 1. The summed E-state index contributed by atoms with van der Waals surface area (Å²) in [6.45, 7) is 0.239. The number of nitrogens with two attached hydrogens (primary N) is 2. The lowest BCUT2D eigenvalue weighted by Crippen LogP contribution is -2.63. The fourth-order valence-electron chi connectivity index (χ4n) is 2.95. The molecule has 9 heteroatoms. The Balaban J connectivity index is 2.98. The van der Waals surface area contributed by atoms with Crippen LogP contribution in [0.4, 0.5) is 0 Å². The van der Waals surface area contributed by atoms with Gasteiger partial charge in [-0.2, -0.15) is 0 Å². The van der Waals surface area contributed by atoms with E-state index in [-0.39, 0.29) is 13.0 Å². The van der Waals surface area contributed by atoms with Crippen LogP contribution in [-0.4, -0.2) is 64.0 Å². The van der Waals surface area contributed by atoms with E-state index in [1.54, 1.807) is 0 Å². The smallest absolute Gasteiger partial charge is 0.331 e. The third kappa shape index (κ3) is 3.80. The van der Waals surface area contributed by atoms with Gasteiger partial charge in [-0.25, -0.2) is 10.2 Å². The van der Waals surface area contributed by atoms with Gasteiger partial charge in [0.05, 0.1) is 12.6 Å². The number of carboxylic acids is 2. The van der Waals surface area contributed by atoms with Crippen molar-refractivity contribution in [2.24, 2.45) is 11.6 Å². The highest BCUT2D eigenvalue weighted by Crippen LogP contribution is 2.32. The number of hydrogen-bond donors (Lipinski definition) is 5. The van der Waals surface area contributed by atoms with Gasteiger partial charge < -0.3 is 15.9 Å². The number of nitrogens with zero attached hydrogens (tertiary/aromatic N) is 1. The van der Waals surface area contributed by atoms with Crippen molar-refractivity contribution in [3.8, 4) is 0 Å². The fourth-order valence-corrected chi connectivity index (χ4v) is 2.95. The van der Waals surface area contributed by atoms with Gasteiger partial charge in [0.15, 0.2) is 11.3 Å². The van der Waals surface area contributed by atoms with Crippen LogP contribution in [0.25, 0.3) is 0 Å². The zero-order valence-corrected chi connectivity index (χ0v) is 12.5. The molecule has 0 radical (unpaired) electrons. The molecule has 0 saturated carbocycles. The first-order chi connectivity index (χ1) is 10.4. The lowest BCUT2D eigenvalue weighted by molar-refractivity contribution is -0.158. The highest BCUT2D eigenvalue weighted by molar-refractivity contribution is 6.10. The van der Waals surface area contributed by atoms with Gasteiger partial charge in [-0.15, -0.1) is 0 Å². The monoisotopic (exact) mass is 316 g/mol. The molecule has 7 N–H and O–H groups in total. The second-order valence-corrected chi connectivity index (χ2v) is 5.45. The number of carbonyl (C=O) groups is 3. The van der Waals surface area contributed by atoms with Crippen LogP contribution in [0.2, 0.25) is 0 Å². The molecule has 22 heavy (non-hydrogen) atoms. The molecule has 2 atom stereocenters. The standard InChI is InChI=1S/C13H24N4O5/c14-6-2-1-4-9(16-15)11(20)13(12(21)22)5-3-7-17(13)8-10(18)19/h9,16H,1-8,14-15H2,(H,18,19)(H,21,22). The largest absolute Gasteiger partial charge is 0.480 e. The zero-order chi connectivity index (χ0) is 16.8. The summed E-state index contributed by atoms with van der Waals surface area (Å²) < 4.78 is 0. The Morgan fingerprint density at radius 2 is 1.95 bits per heavy atom. The maximum Gasteiger partial charge on any atom is 0.331 e. The Hall–Kier alpha value is -1.55. The van der Waals surface area contributed by atoms with Crippen molar-refractivity contribution in [1.82, 2.24) is 10.3 Å². The van der Waals surface area contributed by atoms with E-state index < -0.39 is 35.8 Å². The number of Topliss-reactive ketones (excluding diaryl/α,β-unsaturated/α-hetero) is 1. The molecule has 9 nitrogen and oxygen atoms in total. The van der Waals surface area contributed by atoms with Gasteiger partial charge in [0, 0.05) is 6.54 Å². The van der Waals surface area contributed by atoms with Crippen LogP contribution in [0.15, 0.2) is 0 Å². The van der Waals surface area contributed by atoms with Crippen molar-refractivity contribution in [1.29, 1.82) is 0 Å². The van der Waals surface area contributed by atoms with E-state index in [1.807, 2.05) is 0 Å². The molecule has 0 bridgehead atoms. The topological polar surface area (TPSA) is 159 Å². The van der Waals surface area contributed by atoms with Crippen molar-refractivity contribution >= 4 is 17.7 Å². The summed E-state index contributed by atoms with van der Waals surface area (Å²) in [5.74, 6) is 2.32. The van der Waals surface area contributed by atoms with Crippen molar-refractivity contribution in [3.63, 3.8) is 0 Å². The average molecular weight is 316 g/mol. The second-order valence-electron chi connectivity index (χ2n) is 5.45. The summed E-state index contributed by atoms with van der Waals surface area (Å²) in [7, 11) is 0. The van der Waals surface area contributed by atoms with E-state index in [2.05, 4.69) is 5.43 Å². The van der Waals surface area contributed by atoms with Crippen LogP contribution >= 0.6 is 0 Å². The van der Waals surface area contributed by atoms with Gasteiger partial charge in [-0.1, -0.05) is 6.42 Å². The second kappa shape index (κ2) is 8.18. The number of aliphatic carboxylic acids is 2. The predicted octanol–water partition coefficient (Wildman–Crippen LogP) is -1.48. The molecule has 0 aliphatic carbocycles. The summed E-state index contributed by atoms with van der Waals surface area (Å²) in [5.41, 5.74) is 5.94. The molecule has 126 valence electrons. The molecule has 1 aliphatic rings. The predicted molar refractivity (Wildman–Crippen MR) is 77.8 cm³/mol. The van der Waals surface area contributed by atoms with Gasteiger partial charge in [-0.3, -0.25) is 20.3 Å². The molecule has 1 heterocycles. The van der Waals surface area contributed by atoms with Crippen molar-refractivity contribution < 1.29 is 24.6 Å². The first-order valence-electron chi connectivity index (χ1n) is 7.31. The van der Waals surface area contributed by atoms with Gasteiger partial charge in [0.25, 0.3) is 0 Å². The maximum atomic E-state index is 12.7. The van der Waals surface area contributed by atoms with Crippen LogP contribution in [0, 0.1) is 0 Å². The Kier molecular flexibility index (Phi) is 6.88. The molecular formula is C13H24N4O5. The van der Waals surface area contributed by atoms with E-state index in [1.165, 1.54) is 4.90 Å². The van der Waals surface area contributed by atoms with Crippen LogP contribution in [0.5, 0.6) is 0 Å². The maximum absolute atomic E-state index is 12.7. The number of hydrogen-bond acceptors (Lipinski definition) is 7. The minimum absolute atomic E-state index is 0.0868. The minimum atomic E-state index is -1.82. The normalized spacial score (nSPS) is 23.4. The Labute approximate surface area is 128 Å². The molecule has 0 amide bonds. The number of carbonyl (C=O) groups excluding carboxylic acids is 1.